The van der Waals surface area contributed by atoms with Crippen molar-refractivity contribution < 1.29 is 0 Å². The zero-order valence-electron chi connectivity index (χ0n) is 9.46. The molecule has 17 heavy (non-hydrogen) atoms. The number of aromatic nitrogens is 4. The van der Waals surface area contributed by atoms with Gasteiger partial charge < -0.3 is 0 Å². The summed E-state index contributed by atoms with van der Waals surface area (Å²) in [6.45, 7) is 0. The van der Waals surface area contributed by atoms with E-state index in [9.17, 15) is 0 Å². The zero-order chi connectivity index (χ0) is 11.9. The molecule has 3 rings (SSSR count). The van der Waals surface area contributed by atoms with Crippen LogP contribution in [0.1, 0.15) is 18.4 Å². The first kappa shape index (κ1) is 9.97. The van der Waals surface area contributed by atoms with E-state index in [-0.39, 0.29) is 5.41 Å². The summed E-state index contributed by atoms with van der Waals surface area (Å²) in [6, 6.07) is 10.3. The van der Waals surface area contributed by atoms with Crippen LogP contribution >= 0.6 is 0 Å². The summed E-state index contributed by atoms with van der Waals surface area (Å²) in [5, 5.41) is 20.5. The first-order valence-corrected chi connectivity index (χ1v) is 5.50. The van der Waals surface area contributed by atoms with Crippen LogP contribution in [0.3, 0.4) is 0 Å². The van der Waals surface area contributed by atoms with Crippen LogP contribution in [0.5, 0.6) is 0 Å². The first-order valence-electron chi connectivity index (χ1n) is 5.50. The fraction of sp³-hybridized carbons (Fsp3) is 0.333. The maximum absolute atomic E-state index is 9.12. The van der Waals surface area contributed by atoms with Crippen molar-refractivity contribution in [1.82, 2.24) is 20.2 Å². The van der Waals surface area contributed by atoms with E-state index in [0.29, 0.717) is 0 Å². The van der Waals surface area contributed by atoms with E-state index in [1.165, 1.54) is 0 Å². The minimum absolute atomic E-state index is 0.226. The molecule has 5 heteroatoms. The van der Waals surface area contributed by atoms with Gasteiger partial charge in [0.05, 0.1) is 11.5 Å². The summed E-state index contributed by atoms with van der Waals surface area (Å²) in [4.78, 5) is 0. The van der Waals surface area contributed by atoms with Crippen molar-refractivity contribution in [2.24, 2.45) is 7.05 Å². The second-order valence-electron chi connectivity index (χ2n) is 4.40. The molecule has 0 atom stereocenters. The number of nitriles is 1. The number of hydrogen-bond acceptors (Lipinski definition) is 4. The Balaban J connectivity index is 1.97. The third-order valence-corrected chi connectivity index (χ3v) is 3.28. The van der Waals surface area contributed by atoms with Gasteiger partial charge in [0.1, 0.15) is 0 Å². The lowest BCUT2D eigenvalue weighted by Crippen LogP contribution is -2.02. The maximum Gasteiger partial charge on any atom is 0.181 e. The molecule has 1 saturated carbocycles. The Bertz CT molecular complexity index is 586. The van der Waals surface area contributed by atoms with Crippen LogP contribution in [0.15, 0.2) is 24.3 Å². The van der Waals surface area contributed by atoms with Gasteiger partial charge >= 0.3 is 0 Å². The third kappa shape index (κ3) is 1.49. The highest BCUT2D eigenvalue weighted by molar-refractivity contribution is 5.56. The molecule has 0 unspecified atom stereocenters. The smallest absolute Gasteiger partial charge is 0.181 e. The van der Waals surface area contributed by atoms with E-state index in [0.717, 1.165) is 29.8 Å². The van der Waals surface area contributed by atoms with Crippen molar-refractivity contribution in [2.75, 3.05) is 0 Å². The molecular formula is C12H11N5. The van der Waals surface area contributed by atoms with E-state index in [4.69, 9.17) is 5.26 Å². The largest absolute Gasteiger partial charge is 0.229 e. The van der Waals surface area contributed by atoms with Gasteiger partial charge in [-0.25, -0.2) is 4.68 Å². The molecular weight excluding hydrogens is 214 g/mol. The van der Waals surface area contributed by atoms with E-state index in [2.05, 4.69) is 21.6 Å². The molecule has 1 aromatic carbocycles. The van der Waals surface area contributed by atoms with Crippen LogP contribution in [-0.4, -0.2) is 20.2 Å². The van der Waals surface area contributed by atoms with Gasteiger partial charge in [-0.05, 0) is 28.8 Å². The molecule has 1 heterocycles. The molecule has 1 aliphatic rings. The van der Waals surface area contributed by atoms with Crippen molar-refractivity contribution in [2.45, 2.75) is 18.3 Å². The van der Waals surface area contributed by atoms with Crippen LogP contribution in [0.25, 0.3) is 11.4 Å². The number of benzene rings is 1. The van der Waals surface area contributed by atoms with E-state index in [1.807, 2.05) is 24.3 Å². The van der Waals surface area contributed by atoms with Crippen molar-refractivity contribution in [3.8, 4) is 17.5 Å². The van der Waals surface area contributed by atoms with Crippen molar-refractivity contribution in [3.63, 3.8) is 0 Å². The number of aryl methyl sites for hydroxylation is 1. The quantitative estimate of drug-likeness (QED) is 0.775. The van der Waals surface area contributed by atoms with Crippen molar-refractivity contribution in [1.29, 1.82) is 5.26 Å². The van der Waals surface area contributed by atoms with E-state index in [1.54, 1.807) is 11.7 Å². The van der Waals surface area contributed by atoms with Crippen molar-refractivity contribution >= 4 is 0 Å². The lowest BCUT2D eigenvalue weighted by molar-refractivity contribution is 0.714. The summed E-state index contributed by atoms with van der Waals surface area (Å²) >= 11 is 0. The Labute approximate surface area is 98.7 Å². The van der Waals surface area contributed by atoms with Crippen LogP contribution in [0.2, 0.25) is 0 Å². The van der Waals surface area contributed by atoms with Gasteiger partial charge in [0, 0.05) is 12.6 Å². The van der Waals surface area contributed by atoms with Crippen LogP contribution in [-0.2, 0) is 12.5 Å². The molecule has 0 amide bonds. The fourth-order valence-corrected chi connectivity index (χ4v) is 2.00. The fourth-order valence-electron chi connectivity index (χ4n) is 2.00. The summed E-state index contributed by atoms with van der Waals surface area (Å²) in [6.07, 6.45) is 1.93. The molecule has 1 aliphatic carbocycles. The Morgan fingerprint density at radius 3 is 2.47 bits per heavy atom. The van der Waals surface area contributed by atoms with E-state index < -0.39 is 0 Å². The summed E-state index contributed by atoms with van der Waals surface area (Å²) in [5.74, 6) is 0.735. The second-order valence-corrected chi connectivity index (χ2v) is 4.40. The van der Waals surface area contributed by atoms with Gasteiger partial charge in [-0.3, -0.25) is 0 Å². The normalized spacial score (nSPS) is 16.5. The topological polar surface area (TPSA) is 67.4 Å². The standard InChI is InChI=1S/C12H11N5/c1-17-11(14-15-16-17)9-2-4-10(5-3-9)12(8-13)6-7-12/h2-5H,6-7H2,1H3. The van der Waals surface area contributed by atoms with Gasteiger partial charge in [0.2, 0.25) is 0 Å². The summed E-state index contributed by atoms with van der Waals surface area (Å²) in [7, 11) is 1.81. The predicted molar refractivity (Wildman–Crippen MR) is 60.8 cm³/mol. The highest BCUT2D eigenvalue weighted by Crippen LogP contribution is 2.47. The van der Waals surface area contributed by atoms with Gasteiger partial charge in [0.15, 0.2) is 5.82 Å². The minimum Gasteiger partial charge on any atom is -0.229 e. The number of rotatable bonds is 2. The average molecular weight is 225 g/mol. The van der Waals surface area contributed by atoms with Crippen LogP contribution < -0.4 is 0 Å². The SMILES string of the molecule is Cn1nnnc1-c1ccc(C2(C#N)CC2)cc1. The number of tetrazole rings is 1. The van der Waals surface area contributed by atoms with E-state index >= 15 is 0 Å². The first-order chi connectivity index (χ1) is 8.25. The zero-order valence-corrected chi connectivity index (χ0v) is 9.46. The summed E-state index contributed by atoms with van der Waals surface area (Å²) < 4.78 is 1.63. The molecule has 0 saturated heterocycles. The third-order valence-electron chi connectivity index (χ3n) is 3.28. The molecule has 0 aliphatic heterocycles. The minimum atomic E-state index is -0.226. The Morgan fingerprint density at radius 2 is 2.00 bits per heavy atom. The Kier molecular flexibility index (Phi) is 1.99. The second kappa shape index (κ2) is 3.39. The number of hydrogen-bond donors (Lipinski definition) is 0. The molecule has 0 N–H and O–H groups in total. The van der Waals surface area contributed by atoms with Crippen molar-refractivity contribution in [3.05, 3.63) is 29.8 Å². The van der Waals surface area contributed by atoms with Crippen LogP contribution in [0.4, 0.5) is 0 Å². The maximum atomic E-state index is 9.12. The lowest BCUT2D eigenvalue weighted by atomic mass is 9.96. The Hall–Kier alpha value is -2.22. The highest BCUT2D eigenvalue weighted by Gasteiger charge is 2.44. The predicted octanol–water partition coefficient (Wildman–Crippen LogP) is 1.43. The van der Waals surface area contributed by atoms with Gasteiger partial charge in [-0.15, -0.1) is 5.10 Å². The Morgan fingerprint density at radius 1 is 1.29 bits per heavy atom. The monoisotopic (exact) mass is 225 g/mol. The highest BCUT2D eigenvalue weighted by atomic mass is 15.5. The molecule has 5 nitrogen and oxygen atoms in total. The lowest BCUT2D eigenvalue weighted by Gasteiger charge is -2.06. The molecule has 0 spiro atoms. The van der Waals surface area contributed by atoms with Gasteiger partial charge in [0.25, 0.3) is 0 Å². The molecule has 2 aromatic rings. The number of nitrogens with zero attached hydrogens (tertiary/aromatic N) is 5. The molecule has 0 radical (unpaired) electrons. The molecule has 84 valence electrons. The average Bonchev–Trinajstić information content (AvgIpc) is 3.06. The molecule has 0 bridgehead atoms. The van der Waals surface area contributed by atoms with Gasteiger partial charge in [-0.2, -0.15) is 5.26 Å². The molecule has 1 aromatic heterocycles. The van der Waals surface area contributed by atoms with Gasteiger partial charge in [-0.1, -0.05) is 24.3 Å². The molecule has 1 fully saturated rings. The van der Waals surface area contributed by atoms with Crippen LogP contribution in [0, 0.1) is 11.3 Å². The summed E-state index contributed by atoms with van der Waals surface area (Å²) in [5.41, 5.74) is 1.84.